The maximum Gasteiger partial charge on any atom is 0.239 e. The summed E-state index contributed by atoms with van der Waals surface area (Å²) < 4.78 is 29.0. The number of benzene rings is 3. The first kappa shape index (κ1) is 30.4. The van der Waals surface area contributed by atoms with Crippen molar-refractivity contribution in [3.05, 3.63) is 83.4 Å². The zero-order valence-electron chi connectivity index (χ0n) is 23.3. The lowest BCUT2D eigenvalue weighted by Gasteiger charge is -2.33. The van der Waals surface area contributed by atoms with Gasteiger partial charge in [0.05, 0.1) is 4.90 Å². The Kier molecular flexibility index (Phi) is 10.7. The molecule has 0 radical (unpaired) electrons. The first-order valence-electron chi connectivity index (χ1n) is 13.7. The number of nitrogens with two attached hydrogens (primary N) is 1. The Balaban J connectivity index is 0.000000216. The van der Waals surface area contributed by atoms with Gasteiger partial charge in [0.15, 0.2) is 14.6 Å². The Morgan fingerprint density at radius 1 is 0.923 bits per heavy atom. The average molecular weight is 552 g/mol. The molecular weight excluding hydrogens is 510 g/mol. The zero-order valence-corrected chi connectivity index (χ0v) is 24.1. The van der Waals surface area contributed by atoms with E-state index in [2.05, 4.69) is 31.2 Å². The highest BCUT2D eigenvalue weighted by molar-refractivity contribution is 7.93. The van der Waals surface area contributed by atoms with Gasteiger partial charge < -0.3 is 15.6 Å². The quantitative estimate of drug-likeness (QED) is 0.304. The molecule has 1 amide bonds. The van der Waals surface area contributed by atoms with Crippen molar-refractivity contribution in [3.8, 4) is 16.9 Å². The van der Waals surface area contributed by atoms with E-state index in [1.165, 1.54) is 54.5 Å². The van der Waals surface area contributed by atoms with Crippen LogP contribution in [0.2, 0.25) is 0 Å². The summed E-state index contributed by atoms with van der Waals surface area (Å²) in [4.78, 5) is 11.9. The van der Waals surface area contributed by atoms with Crippen molar-refractivity contribution in [2.75, 3.05) is 13.2 Å². The second kappa shape index (κ2) is 13.8. The van der Waals surface area contributed by atoms with E-state index in [0.717, 1.165) is 17.5 Å². The minimum Gasteiger partial charge on any atom is -0.508 e. The van der Waals surface area contributed by atoms with Crippen molar-refractivity contribution in [2.24, 2.45) is 5.73 Å². The van der Waals surface area contributed by atoms with Crippen LogP contribution in [-0.4, -0.2) is 37.4 Å². The fourth-order valence-electron chi connectivity index (χ4n) is 4.79. The standard InChI is InChI=1S/C19H24O.C13H17NO4S/c1-3-4-5-6-8-16-9-7-10-17(14-16)18-11-12-19(20)15(2)13-18;1-10-2-4-11(5-3-10)19(16,17)13(12(14)15)6-8-18-9-7-13/h7,9-14,20H,3-6,8H2,1-2H3;2-5H,6-9H2,1H3,(H2,14,15). The Morgan fingerprint density at radius 3 is 2.21 bits per heavy atom. The molecule has 4 rings (SSSR count). The number of hydrogen-bond donors (Lipinski definition) is 2. The summed E-state index contributed by atoms with van der Waals surface area (Å²) in [5.41, 5.74) is 11.1. The van der Waals surface area contributed by atoms with Gasteiger partial charge in [-0.05, 0) is 86.1 Å². The summed E-state index contributed by atoms with van der Waals surface area (Å²) in [6.07, 6.45) is 6.58. The minimum atomic E-state index is -3.79. The van der Waals surface area contributed by atoms with Crippen LogP contribution in [0.5, 0.6) is 5.75 Å². The third kappa shape index (κ3) is 7.49. The number of sulfone groups is 1. The molecule has 1 saturated heterocycles. The fraction of sp³-hybridized carbons (Fsp3) is 0.406. The Bertz CT molecular complexity index is 1340. The molecule has 1 aliphatic heterocycles. The fourth-order valence-corrected chi connectivity index (χ4v) is 6.70. The van der Waals surface area contributed by atoms with Crippen LogP contribution in [0.4, 0.5) is 0 Å². The first-order chi connectivity index (χ1) is 18.6. The summed E-state index contributed by atoms with van der Waals surface area (Å²) in [6.45, 7) is 6.51. The molecule has 3 aromatic rings. The zero-order chi connectivity index (χ0) is 28.5. The molecule has 0 atom stereocenters. The Labute approximate surface area is 233 Å². The number of rotatable bonds is 9. The monoisotopic (exact) mass is 551 g/mol. The van der Waals surface area contributed by atoms with Gasteiger partial charge in [0.1, 0.15) is 5.75 Å². The van der Waals surface area contributed by atoms with E-state index in [9.17, 15) is 18.3 Å². The number of unbranched alkanes of at least 4 members (excludes halogenated alkanes) is 3. The van der Waals surface area contributed by atoms with E-state index in [0.29, 0.717) is 5.75 Å². The van der Waals surface area contributed by atoms with E-state index in [1.807, 2.05) is 26.0 Å². The molecule has 1 aliphatic rings. The van der Waals surface area contributed by atoms with Crippen molar-refractivity contribution >= 4 is 15.7 Å². The molecule has 1 heterocycles. The number of amides is 1. The predicted octanol–water partition coefficient (Wildman–Crippen LogP) is 6.29. The average Bonchev–Trinajstić information content (AvgIpc) is 2.93. The third-order valence-electron chi connectivity index (χ3n) is 7.37. The highest BCUT2D eigenvalue weighted by Gasteiger charge is 2.50. The molecule has 3 aromatic carbocycles. The van der Waals surface area contributed by atoms with Crippen LogP contribution in [-0.2, 0) is 25.8 Å². The summed E-state index contributed by atoms with van der Waals surface area (Å²) in [5.74, 6) is -0.430. The van der Waals surface area contributed by atoms with Crippen LogP contribution in [0, 0.1) is 13.8 Å². The number of carbonyl (C=O) groups is 1. The normalized spacial score (nSPS) is 14.7. The van der Waals surface area contributed by atoms with E-state index < -0.39 is 20.5 Å². The van der Waals surface area contributed by atoms with Crippen molar-refractivity contribution in [2.45, 2.75) is 75.4 Å². The lowest BCUT2D eigenvalue weighted by molar-refractivity contribution is -0.122. The molecule has 0 saturated carbocycles. The van der Waals surface area contributed by atoms with Gasteiger partial charge in [0, 0.05) is 13.2 Å². The number of phenolic OH excluding ortho intramolecular Hbond substituents is 1. The molecule has 0 spiro atoms. The van der Waals surface area contributed by atoms with Crippen LogP contribution in [0.3, 0.4) is 0 Å². The van der Waals surface area contributed by atoms with Gasteiger partial charge in [-0.3, -0.25) is 4.79 Å². The van der Waals surface area contributed by atoms with Crippen molar-refractivity contribution in [3.63, 3.8) is 0 Å². The lowest BCUT2D eigenvalue weighted by Crippen LogP contribution is -2.53. The number of ether oxygens (including phenoxy) is 1. The maximum atomic E-state index is 12.7. The van der Waals surface area contributed by atoms with Crippen LogP contribution in [0.15, 0.2) is 71.6 Å². The molecule has 3 N–H and O–H groups in total. The number of aromatic hydroxyl groups is 1. The van der Waals surface area contributed by atoms with Crippen LogP contribution in [0.25, 0.3) is 11.1 Å². The second-order valence-electron chi connectivity index (χ2n) is 10.3. The van der Waals surface area contributed by atoms with Gasteiger partial charge in [0.25, 0.3) is 0 Å². The molecular formula is C32H41NO5S. The summed E-state index contributed by atoms with van der Waals surface area (Å²) in [6, 6.07) is 21.0. The van der Waals surface area contributed by atoms with Crippen molar-refractivity contribution in [1.29, 1.82) is 0 Å². The topological polar surface area (TPSA) is 107 Å². The number of hydrogen-bond acceptors (Lipinski definition) is 5. The molecule has 0 unspecified atom stereocenters. The minimum absolute atomic E-state index is 0.110. The number of aryl methyl sites for hydroxylation is 3. The van der Waals surface area contributed by atoms with E-state index in [4.69, 9.17) is 10.5 Å². The Morgan fingerprint density at radius 2 is 1.59 bits per heavy atom. The molecule has 39 heavy (non-hydrogen) atoms. The van der Waals surface area contributed by atoms with Gasteiger partial charge >= 0.3 is 0 Å². The number of carbonyl (C=O) groups excluding carboxylic acids is 1. The molecule has 1 fully saturated rings. The van der Waals surface area contributed by atoms with Crippen LogP contribution >= 0.6 is 0 Å². The van der Waals surface area contributed by atoms with Crippen molar-refractivity contribution < 1.29 is 23.1 Å². The predicted molar refractivity (Wildman–Crippen MR) is 156 cm³/mol. The van der Waals surface area contributed by atoms with Gasteiger partial charge in [-0.2, -0.15) is 0 Å². The second-order valence-corrected chi connectivity index (χ2v) is 12.6. The van der Waals surface area contributed by atoms with Gasteiger partial charge in [-0.1, -0.05) is 74.2 Å². The van der Waals surface area contributed by atoms with Crippen LogP contribution < -0.4 is 5.73 Å². The van der Waals surface area contributed by atoms with Crippen molar-refractivity contribution in [1.82, 2.24) is 0 Å². The highest BCUT2D eigenvalue weighted by atomic mass is 32.2. The molecule has 210 valence electrons. The SMILES string of the molecule is CCCCCCc1cccc(-c2ccc(O)c(C)c2)c1.Cc1ccc(S(=O)(=O)C2(C(N)=O)CCOCC2)cc1. The molecule has 6 nitrogen and oxygen atoms in total. The Hall–Kier alpha value is -3.16. The van der Waals surface area contributed by atoms with Gasteiger partial charge in [0.2, 0.25) is 5.91 Å². The smallest absolute Gasteiger partial charge is 0.239 e. The third-order valence-corrected chi connectivity index (χ3v) is 9.90. The largest absolute Gasteiger partial charge is 0.508 e. The van der Waals surface area contributed by atoms with E-state index in [-0.39, 0.29) is 31.0 Å². The summed E-state index contributed by atoms with van der Waals surface area (Å²) in [7, 11) is -3.79. The summed E-state index contributed by atoms with van der Waals surface area (Å²) >= 11 is 0. The van der Waals surface area contributed by atoms with Gasteiger partial charge in [-0.25, -0.2) is 8.42 Å². The van der Waals surface area contributed by atoms with Crippen LogP contribution in [0.1, 0.15) is 62.1 Å². The number of primary amides is 1. The summed E-state index contributed by atoms with van der Waals surface area (Å²) in [5, 5.41) is 9.61. The number of phenols is 1. The molecule has 0 bridgehead atoms. The molecule has 0 aliphatic carbocycles. The molecule has 0 aromatic heterocycles. The van der Waals surface area contributed by atoms with E-state index >= 15 is 0 Å². The van der Waals surface area contributed by atoms with E-state index in [1.54, 1.807) is 18.2 Å². The lowest BCUT2D eigenvalue weighted by atomic mass is 9.98. The highest BCUT2D eigenvalue weighted by Crippen LogP contribution is 2.35. The first-order valence-corrected chi connectivity index (χ1v) is 15.2. The molecule has 7 heteroatoms. The maximum absolute atomic E-state index is 12.7. The van der Waals surface area contributed by atoms with Gasteiger partial charge in [-0.15, -0.1) is 0 Å².